The third-order valence-corrected chi connectivity index (χ3v) is 15.6. The zero-order valence-electron chi connectivity index (χ0n) is 48.1. The van der Waals surface area contributed by atoms with Gasteiger partial charge in [-0.1, -0.05) is 182 Å². The summed E-state index contributed by atoms with van der Waals surface area (Å²) in [6, 6.07) is 80.2. The highest BCUT2D eigenvalue weighted by atomic mass is 16.3. The van der Waals surface area contributed by atoms with Crippen molar-refractivity contribution in [3.05, 3.63) is 292 Å². The van der Waals surface area contributed by atoms with Crippen molar-refractivity contribution in [1.82, 2.24) is 29.9 Å². The molecule has 6 aromatic heterocycles. The minimum atomic E-state index is -0.455. The Morgan fingerprint density at radius 3 is 0.433 bits per heavy atom. The molecule has 12 nitrogen and oxygen atoms in total. The lowest BCUT2D eigenvalue weighted by atomic mass is 9.94. The molecule has 18 rings (SSSR count). The van der Waals surface area contributed by atoms with Crippen LogP contribution in [0.25, 0.3) is 132 Å². The van der Waals surface area contributed by atoms with Gasteiger partial charge in [0.15, 0.2) is 34.5 Å². The van der Waals surface area contributed by atoms with Crippen LogP contribution in [0.1, 0.15) is 0 Å². The molecule has 6 heterocycles. The minimum absolute atomic E-state index is 0.187. The summed E-state index contributed by atoms with van der Waals surface area (Å²) in [4.78, 5) is 29.5. The van der Waals surface area contributed by atoms with E-state index in [9.17, 15) is 30.6 Å². The smallest absolute Gasteiger partial charge is 0.167 e. The Bertz CT molecular complexity index is 4400. The zero-order chi connectivity index (χ0) is 61.5. The van der Waals surface area contributed by atoms with Gasteiger partial charge in [0.1, 0.15) is 0 Å². The molecular weight excluding hydrogens is 1120 g/mol. The third-order valence-electron chi connectivity index (χ3n) is 15.6. The molecule has 18 aromatic rings. The molecule has 12 heteroatoms. The van der Waals surface area contributed by atoms with E-state index in [-0.39, 0.29) is 32.3 Å². The van der Waals surface area contributed by atoms with Crippen LogP contribution in [-0.2, 0) is 0 Å². The molecule has 0 aliphatic heterocycles. The number of hydrogen-bond acceptors (Lipinski definition) is 12. The van der Waals surface area contributed by atoms with Crippen LogP contribution >= 0.6 is 0 Å². The Kier molecular flexibility index (Phi) is 15.8. The summed E-state index contributed by atoms with van der Waals surface area (Å²) in [5.74, 6) is -2.73. The quantitative estimate of drug-likeness (QED) is 0.0863. The normalized spacial score (nSPS) is 10.9. The number of aromatic hydroxyl groups is 6. The third kappa shape index (κ3) is 11.8. The maximum absolute atomic E-state index is 11.7. The molecule has 12 aromatic carbocycles. The van der Waals surface area contributed by atoms with E-state index in [1.165, 1.54) is 37.2 Å². The van der Waals surface area contributed by atoms with Gasteiger partial charge in [-0.2, -0.15) is 0 Å². The highest BCUT2D eigenvalue weighted by molar-refractivity contribution is 5.97. The summed E-state index contributed by atoms with van der Waals surface area (Å²) in [5.41, 5.74) is 12.8. The standard InChI is InChI=1S/C78H54N6O6/c85-73-55-31-32-57(75(73)87)45-81-69-39-63(51-23-11-3-12-24-51)64(52-25-13-4-14-26-52)40-70(69)83-47-59-35-36-60(78(90)77(59)89)48-84-72-42-66(54-29-17-6-18-30-54)65(53-27-15-5-16-28-53)41-71(72)82-46-58-34-33-56(74(86)76(58)88)44-80-68-38-62(50-21-9-2-10-22-50)61(37-67(68)79-43-55)49-19-7-1-8-20-49/h1-48,85-90H. The molecule has 0 saturated heterocycles. The van der Waals surface area contributed by atoms with E-state index >= 15 is 0 Å². The van der Waals surface area contributed by atoms with E-state index < -0.39 is 34.5 Å². The van der Waals surface area contributed by atoms with Gasteiger partial charge in [0.05, 0.1) is 33.1 Å². The van der Waals surface area contributed by atoms with Gasteiger partial charge >= 0.3 is 0 Å². The van der Waals surface area contributed by atoms with Crippen LogP contribution in [0.4, 0.5) is 0 Å². The van der Waals surface area contributed by atoms with Crippen LogP contribution in [-0.4, -0.2) is 60.5 Å². The van der Waals surface area contributed by atoms with E-state index in [1.807, 2.05) is 218 Å². The van der Waals surface area contributed by atoms with Crippen LogP contribution < -0.4 is 0 Å². The zero-order valence-corrected chi connectivity index (χ0v) is 48.1. The fraction of sp³-hybridized carbons (Fsp3) is 0. The Morgan fingerprint density at radius 1 is 0.167 bits per heavy atom. The van der Waals surface area contributed by atoms with Gasteiger partial charge in [-0.25, -0.2) is 0 Å². The van der Waals surface area contributed by atoms with Gasteiger partial charge in [-0.3, -0.25) is 29.9 Å². The summed E-state index contributed by atoms with van der Waals surface area (Å²) < 4.78 is 0. The van der Waals surface area contributed by atoms with E-state index in [2.05, 4.69) is 0 Å². The maximum Gasteiger partial charge on any atom is 0.167 e. The SMILES string of the molecule is Oc1c(O)c2ccc1cnc1cc(-c3ccccc3)c(-c3ccccc3)cc1ncc1ccc(cnc3cc(-c4ccccc4)c(-c4ccccc4)cc3ncc3ccc(cnc4cc(-c5ccccc5)c(-c5ccccc5)cc4nc2)c(O)c3O)c(O)c1O. The molecule has 0 amide bonds. The number of aromatic nitrogens is 6. The van der Waals surface area contributed by atoms with Gasteiger partial charge in [0.2, 0.25) is 0 Å². The fourth-order valence-electron chi connectivity index (χ4n) is 10.8. The number of phenols is 6. The Balaban J connectivity index is 1.11. The summed E-state index contributed by atoms with van der Waals surface area (Å²) >= 11 is 0. The van der Waals surface area contributed by atoms with Crippen molar-refractivity contribution in [2.24, 2.45) is 0 Å². The summed E-state index contributed by atoms with van der Waals surface area (Å²) in [5, 5.41) is 71.5. The van der Waals surface area contributed by atoms with Crippen molar-refractivity contribution in [3.8, 4) is 101 Å². The second-order valence-corrected chi connectivity index (χ2v) is 21.2. The number of rotatable bonds is 6. The number of benzene rings is 12. The molecular formula is C78H54N6O6. The molecule has 0 spiro atoms. The Morgan fingerprint density at radius 2 is 0.300 bits per heavy atom. The van der Waals surface area contributed by atoms with Crippen molar-refractivity contribution in [3.63, 3.8) is 0 Å². The lowest BCUT2D eigenvalue weighted by molar-refractivity contribution is 0.412. The van der Waals surface area contributed by atoms with Crippen LogP contribution in [0.5, 0.6) is 34.5 Å². The summed E-state index contributed by atoms with van der Waals surface area (Å²) in [7, 11) is 0. The van der Waals surface area contributed by atoms with Crippen molar-refractivity contribution in [1.29, 1.82) is 0 Å². The minimum Gasteiger partial charge on any atom is -0.504 e. The largest absolute Gasteiger partial charge is 0.504 e. The monoisotopic (exact) mass is 1170 g/mol. The van der Waals surface area contributed by atoms with E-state index in [0.29, 0.717) is 33.1 Å². The highest BCUT2D eigenvalue weighted by Crippen LogP contribution is 2.41. The van der Waals surface area contributed by atoms with Crippen LogP contribution in [0.3, 0.4) is 0 Å². The predicted octanol–water partition coefficient (Wildman–Crippen LogP) is 18.3. The van der Waals surface area contributed by atoms with Crippen molar-refractivity contribution >= 4 is 65.4 Å². The van der Waals surface area contributed by atoms with E-state index in [4.69, 9.17) is 29.9 Å². The van der Waals surface area contributed by atoms with Crippen LogP contribution in [0.2, 0.25) is 0 Å². The van der Waals surface area contributed by atoms with Crippen molar-refractivity contribution < 1.29 is 30.6 Å². The molecule has 6 bridgehead atoms. The first-order chi connectivity index (χ1) is 44.1. The first-order valence-corrected chi connectivity index (χ1v) is 28.9. The molecule has 0 saturated carbocycles. The number of phenolic OH excluding ortho intramolecular Hbond substituents is 6. The molecule has 0 atom stereocenters. The lowest BCUT2D eigenvalue weighted by Crippen LogP contribution is -1.89. The first kappa shape index (κ1) is 56.6. The highest BCUT2D eigenvalue weighted by Gasteiger charge is 2.16. The molecule has 0 unspecified atom stereocenters. The average molecular weight is 1170 g/mol. The molecule has 432 valence electrons. The van der Waals surface area contributed by atoms with Gasteiger partial charge in [0.25, 0.3) is 0 Å². The van der Waals surface area contributed by atoms with Gasteiger partial charge in [0, 0.05) is 69.5 Å². The Hall–Kier alpha value is -12.5. The molecule has 90 heavy (non-hydrogen) atoms. The van der Waals surface area contributed by atoms with E-state index in [0.717, 1.165) is 66.8 Å². The molecule has 6 N–H and O–H groups in total. The molecule has 0 aliphatic rings. The summed E-state index contributed by atoms with van der Waals surface area (Å²) in [6.07, 6.45) is 8.63. The van der Waals surface area contributed by atoms with Gasteiger partial charge < -0.3 is 30.6 Å². The van der Waals surface area contributed by atoms with Crippen molar-refractivity contribution in [2.75, 3.05) is 0 Å². The first-order valence-electron chi connectivity index (χ1n) is 28.9. The van der Waals surface area contributed by atoms with Gasteiger partial charge in [-0.15, -0.1) is 0 Å². The fourth-order valence-corrected chi connectivity index (χ4v) is 10.8. The Labute approximate surface area is 516 Å². The van der Waals surface area contributed by atoms with Crippen molar-refractivity contribution in [2.45, 2.75) is 0 Å². The molecule has 0 fully saturated rings. The lowest BCUT2D eigenvalue weighted by Gasteiger charge is -2.11. The van der Waals surface area contributed by atoms with Gasteiger partial charge in [-0.05, 0) is 140 Å². The molecule has 0 radical (unpaired) electrons. The van der Waals surface area contributed by atoms with Crippen LogP contribution in [0.15, 0.2) is 292 Å². The molecule has 0 aliphatic carbocycles. The van der Waals surface area contributed by atoms with Crippen LogP contribution in [0, 0.1) is 0 Å². The van der Waals surface area contributed by atoms with E-state index in [1.54, 1.807) is 36.4 Å². The predicted molar refractivity (Wildman–Crippen MR) is 360 cm³/mol. The average Bonchev–Trinajstić information content (AvgIpc) is 1.16. The number of hydrogen-bond donors (Lipinski definition) is 6. The second kappa shape index (κ2) is 25.2. The summed E-state index contributed by atoms with van der Waals surface area (Å²) in [6.45, 7) is 0. The topological polar surface area (TPSA) is 199 Å². The number of nitrogens with zero attached hydrogens (tertiary/aromatic N) is 6. The maximum atomic E-state index is 11.7. The second-order valence-electron chi connectivity index (χ2n) is 21.2.